The minimum Gasteiger partial charge on any atom is -0.615 e. The molecule has 2 bridgehead atoms. The third-order valence-corrected chi connectivity index (χ3v) is 20.6. The van der Waals surface area contributed by atoms with Gasteiger partial charge in [0.05, 0.1) is 116 Å². The number of ether oxygens (including phenoxy) is 4. The molecule has 0 spiro atoms. The topological polar surface area (TPSA) is 509 Å². The molecule has 0 saturated carbocycles. The molecule has 3 fully saturated rings. The van der Waals surface area contributed by atoms with E-state index < -0.39 is 199 Å². The molecule has 4 unspecified atom stereocenters. The Kier molecular flexibility index (Phi) is 31.6. The van der Waals surface area contributed by atoms with Gasteiger partial charge in [0.2, 0.25) is 53.2 Å². The van der Waals surface area contributed by atoms with Crippen LogP contribution in [0, 0.1) is 23.7 Å². The monoisotopic (exact) mass is 1460 g/mol. The second kappa shape index (κ2) is 39.8. The average Bonchev–Trinajstić information content (AvgIpc) is 1.62. The highest BCUT2D eigenvalue weighted by Crippen LogP contribution is 2.48. The minimum atomic E-state index is -2.41. The van der Waals surface area contributed by atoms with Crippen molar-refractivity contribution in [3.63, 3.8) is 0 Å². The van der Waals surface area contributed by atoms with Crippen LogP contribution in [0.2, 0.25) is 0 Å². The van der Waals surface area contributed by atoms with Gasteiger partial charge >= 0.3 is 6.03 Å². The number of carbonyl (C=O) groups is 12. The molecule has 3 saturated heterocycles. The lowest BCUT2D eigenvalue weighted by molar-refractivity contribution is -0.144. The molecular weight excluding hydrogens is 1360 g/mol. The predicted octanol–water partition coefficient (Wildman–Crippen LogP) is -5.20. The molecule has 1 aromatic carbocycles. The van der Waals surface area contributed by atoms with Crippen LogP contribution >= 0.6 is 11.8 Å². The summed E-state index contributed by atoms with van der Waals surface area (Å²) in [5, 5.41) is 65.6. The lowest BCUT2D eigenvalue weighted by Crippen LogP contribution is -2.61. The first-order valence-corrected chi connectivity index (χ1v) is 36.1. The van der Waals surface area contributed by atoms with Gasteiger partial charge in [-0.05, 0) is 53.7 Å². The van der Waals surface area contributed by atoms with Crippen LogP contribution in [0.15, 0.2) is 30.5 Å². The van der Waals surface area contributed by atoms with E-state index in [4.69, 9.17) is 24.7 Å². The lowest BCUT2D eigenvalue weighted by atomic mass is 9.85. The van der Waals surface area contributed by atoms with Crippen molar-refractivity contribution in [3.8, 4) is 5.75 Å². The molecule has 0 radical (unpaired) electrons. The van der Waals surface area contributed by atoms with E-state index in [1.165, 1.54) is 37.9 Å². The van der Waals surface area contributed by atoms with Crippen LogP contribution in [-0.4, -0.2) is 268 Å². The molecule has 38 heteroatoms. The van der Waals surface area contributed by atoms with Gasteiger partial charge < -0.3 is 103 Å². The second-order valence-corrected chi connectivity index (χ2v) is 27.7. The maximum absolute atomic E-state index is 15.6. The zero-order valence-corrected chi connectivity index (χ0v) is 58.5. The Morgan fingerprint density at radius 2 is 1.52 bits per heavy atom. The molecule has 15 N–H and O–H groups in total. The third-order valence-electron chi connectivity index (χ3n) is 17.9. The van der Waals surface area contributed by atoms with E-state index >= 15 is 9.35 Å². The summed E-state index contributed by atoms with van der Waals surface area (Å²) in [6.45, 7) is 4.37. The smallest absolute Gasteiger partial charge is 0.314 e. The number of methoxy groups -OCH3 is 1. The van der Waals surface area contributed by atoms with Crippen molar-refractivity contribution in [2.24, 2.45) is 29.4 Å². The quantitative estimate of drug-likeness (QED) is 0.0206. The Labute approximate surface area is 590 Å². The number of hydrogen-bond donors (Lipinski definition) is 14. The van der Waals surface area contributed by atoms with Crippen molar-refractivity contribution in [1.82, 2.24) is 72.6 Å². The number of amides is 13. The summed E-state index contributed by atoms with van der Waals surface area (Å²) in [6.07, 6.45) is 1.59. The van der Waals surface area contributed by atoms with Gasteiger partial charge in [-0.25, -0.2) is 9.48 Å². The average molecular weight is 1460 g/mol. The molecule has 558 valence electrons. The van der Waals surface area contributed by atoms with Gasteiger partial charge in [-0.1, -0.05) is 38.5 Å². The second-order valence-electron chi connectivity index (χ2n) is 25.0. The number of nitrogens with zero attached hydrogens (tertiary/aromatic N) is 5. The van der Waals surface area contributed by atoms with Crippen LogP contribution in [0.25, 0.3) is 0 Å². The van der Waals surface area contributed by atoms with Gasteiger partial charge in [0.15, 0.2) is 11.4 Å². The van der Waals surface area contributed by atoms with Crippen molar-refractivity contribution in [2.45, 2.75) is 126 Å². The number of anilines is 1. The van der Waals surface area contributed by atoms with E-state index in [1.807, 2.05) is 13.8 Å². The van der Waals surface area contributed by atoms with Gasteiger partial charge in [0.25, 0.3) is 11.8 Å². The summed E-state index contributed by atoms with van der Waals surface area (Å²) < 4.78 is 39.7. The van der Waals surface area contributed by atoms with Crippen LogP contribution in [0.4, 0.5) is 10.5 Å². The normalized spacial score (nSPS) is 25.1. The number of imide groups is 1. The first kappa shape index (κ1) is 80.1. The van der Waals surface area contributed by atoms with Crippen LogP contribution < -0.4 is 63.6 Å². The Balaban J connectivity index is 1.03. The number of aliphatic hydroxyl groups is 3. The first-order chi connectivity index (χ1) is 48.4. The number of rotatable bonds is 29. The maximum Gasteiger partial charge on any atom is 0.314 e. The van der Waals surface area contributed by atoms with Crippen molar-refractivity contribution in [2.75, 3.05) is 116 Å². The zero-order valence-electron chi connectivity index (χ0n) is 56.9. The number of aliphatic hydroxyl groups excluding tert-OH is 3. The molecule has 1 aromatic heterocycles. The molecular formula is C63H94N16O20S2. The Bertz CT molecular complexity index is 3260. The number of carbonyl (C=O) groups excluding carboxylic acids is 12. The summed E-state index contributed by atoms with van der Waals surface area (Å²) in [5.74, 6) is -13.9. The number of aromatic nitrogens is 3. The largest absolute Gasteiger partial charge is 0.615 e. The standard InChI is InChI=1S/C63H94N16O20S2/c1-5-35(2)39-12-14-65-49(84)27-69-57(89)41-26-68-60(92)54(36(3)46(82)32-80)73-59(91)45-24-38(81)31-78(45)62(93)43(25-48(64)83)72-58(90)44(71-50(85)28-70-56(39)88)34-101(95)61-53(41)40-8-9-47(96-4)42(55(40)74-61)33-100-23-7-6-13-66-63(94)67-15-17-97-19-21-99-22-20-98-18-16-77-29-37(75-76-77)30-79-51(86)10-11-52(79)87/h8-11,29,35-36,38-39,41,43-46,53-54,61,74,80-82H,5-7,12-28,30-34H2,1-4H3,(H2,64,83)(H,65,84)(H,68,92)(H,69,89)(H,70,88)(H,71,85)(H,72,90)(H,73,91)(H2,66,67,94)/t35-,36-,38+,39-,41+,43-,44+,45?,46-,53?,54-,61?,101?/m0/s1. The van der Waals surface area contributed by atoms with Crippen LogP contribution in [-0.2, 0) is 97.0 Å². The lowest BCUT2D eigenvalue weighted by Gasteiger charge is -2.34. The van der Waals surface area contributed by atoms with E-state index in [0.29, 0.717) is 92.8 Å². The Morgan fingerprint density at radius 3 is 2.23 bits per heavy atom. The van der Waals surface area contributed by atoms with E-state index in [2.05, 4.69) is 63.5 Å². The third kappa shape index (κ3) is 23.1. The highest BCUT2D eigenvalue weighted by Gasteiger charge is 2.51. The van der Waals surface area contributed by atoms with E-state index in [1.54, 1.807) is 23.0 Å². The molecule has 13 amide bonds. The molecule has 36 nitrogen and oxygen atoms in total. The summed E-state index contributed by atoms with van der Waals surface area (Å²) in [7, 11) is 1.43. The zero-order chi connectivity index (χ0) is 73.3. The number of benzene rings is 1. The number of hydrogen-bond acceptors (Lipinski definition) is 24. The molecule has 0 aliphatic carbocycles. The predicted molar refractivity (Wildman–Crippen MR) is 361 cm³/mol. The van der Waals surface area contributed by atoms with Crippen LogP contribution in [0.1, 0.15) is 82.0 Å². The number of urea groups is 1. The van der Waals surface area contributed by atoms with E-state index in [-0.39, 0.29) is 50.9 Å². The summed E-state index contributed by atoms with van der Waals surface area (Å²) in [5.41, 5.74) is 7.35. The van der Waals surface area contributed by atoms with Gasteiger partial charge in [-0.15, -0.1) is 5.10 Å². The highest BCUT2D eigenvalue weighted by molar-refractivity contribution is 7.98. The van der Waals surface area contributed by atoms with Gasteiger partial charge in [-0.2, -0.15) is 11.8 Å². The fraction of sp³-hybridized carbons (Fsp3) is 0.651. The van der Waals surface area contributed by atoms with E-state index in [9.17, 15) is 68.1 Å². The Morgan fingerprint density at radius 1 is 0.832 bits per heavy atom. The molecule has 5 aliphatic heterocycles. The van der Waals surface area contributed by atoms with Gasteiger partial charge in [0.1, 0.15) is 35.3 Å². The summed E-state index contributed by atoms with van der Waals surface area (Å²) in [4.78, 5) is 166. The van der Waals surface area contributed by atoms with Crippen LogP contribution in [0.3, 0.4) is 0 Å². The number of nitrogens with two attached hydrogens (primary N) is 1. The minimum absolute atomic E-state index is 0.0275. The van der Waals surface area contributed by atoms with E-state index in [0.717, 1.165) is 9.80 Å². The Hall–Kier alpha value is -8.24. The summed E-state index contributed by atoms with van der Waals surface area (Å²) in [6, 6.07) is -4.17. The molecule has 7 rings (SSSR count). The highest BCUT2D eigenvalue weighted by atomic mass is 32.2. The van der Waals surface area contributed by atoms with Gasteiger partial charge in [-0.3, -0.25) is 57.6 Å². The molecule has 5 aliphatic rings. The summed E-state index contributed by atoms with van der Waals surface area (Å²) >= 11 is -0.935. The van der Waals surface area contributed by atoms with Crippen molar-refractivity contribution in [1.29, 1.82) is 0 Å². The van der Waals surface area contributed by atoms with Crippen molar-refractivity contribution >= 4 is 99.6 Å². The van der Waals surface area contributed by atoms with Gasteiger partial charge in [0, 0.05) is 80.1 Å². The first-order valence-electron chi connectivity index (χ1n) is 33.6. The fourth-order valence-corrected chi connectivity index (χ4v) is 14.8. The molecule has 2 aromatic rings. The SMILES string of the molecule is CC[C@H](C)[C@@H]1CCNC(=O)CNC(=O)[C@@H]2CNC(=O)[C@H]([C@@H](C)[C@@H](O)CO)NC(=O)C3C[C@@H](O)CN3C(=O)[C@H](CC(N)=O)NC(=O)[C@@H](C[S+]([O-])C3Nc4c(ccc(OC)c4CSCCCCNC(=O)NCCOCCOCCOCCn4cc(CN5C(=O)C=CC5=O)nn4)C32)NC(=O)CNC1=O. The molecule has 101 heavy (non-hydrogen) atoms. The number of fused-ring (bicyclic) bond motifs is 4. The molecule has 6 heterocycles. The molecule has 13 atom stereocenters. The number of thioether (sulfide) groups is 1. The van der Waals surface area contributed by atoms with Crippen molar-refractivity contribution in [3.05, 3.63) is 47.3 Å². The fourth-order valence-electron chi connectivity index (χ4n) is 12.1. The van der Waals surface area contributed by atoms with Crippen LogP contribution in [0.5, 0.6) is 5.75 Å². The number of nitrogens with one attached hydrogen (secondary N) is 10. The maximum atomic E-state index is 15.6. The number of primary amides is 1. The van der Waals surface area contributed by atoms with Crippen molar-refractivity contribution < 1.29 is 96.4 Å². The number of unbranched alkanes of at least 4 members (excludes halogenated alkanes) is 1.